The van der Waals surface area contributed by atoms with Gasteiger partial charge in [0.15, 0.2) is 23.3 Å². The summed E-state index contributed by atoms with van der Waals surface area (Å²) in [5.74, 6) is -9.41. The lowest BCUT2D eigenvalue weighted by Crippen LogP contribution is -2.14. The van der Waals surface area contributed by atoms with Crippen LogP contribution in [0.4, 0.5) is 43.9 Å². The number of alkyl halides is 6. The molecule has 3 nitrogen and oxygen atoms in total. The summed E-state index contributed by atoms with van der Waals surface area (Å²) in [6, 6.07) is 2.69. The molecule has 0 aliphatic heterocycles. The third-order valence-electron chi connectivity index (χ3n) is 4.71. The van der Waals surface area contributed by atoms with Crippen molar-refractivity contribution in [3.05, 3.63) is 75.8 Å². The summed E-state index contributed by atoms with van der Waals surface area (Å²) in [6.45, 7) is 0. The molecule has 3 aromatic carbocycles. The van der Waals surface area contributed by atoms with Gasteiger partial charge in [-0.15, -0.1) is 0 Å². The average molecular weight is 552 g/mol. The molecular weight excluding hydrogens is 544 g/mol. The molecule has 3 aromatic rings. The zero-order valence-corrected chi connectivity index (χ0v) is 18.0. The Labute approximate surface area is 194 Å². The zero-order chi connectivity index (χ0) is 26.7. The number of primary sulfonamides is 1. The number of rotatable bonds is 3. The van der Waals surface area contributed by atoms with E-state index in [0.29, 0.717) is 12.1 Å². The number of benzene rings is 3. The van der Waals surface area contributed by atoms with Crippen LogP contribution >= 0.6 is 11.6 Å². The number of nitrogens with two attached hydrogens (primary N) is 1. The Hall–Kier alpha value is -2.84. The van der Waals surface area contributed by atoms with Crippen LogP contribution in [0.5, 0.6) is 0 Å². The van der Waals surface area contributed by atoms with Gasteiger partial charge in [-0.1, -0.05) is 23.7 Å². The van der Waals surface area contributed by atoms with Gasteiger partial charge in [0.2, 0.25) is 10.0 Å². The Morgan fingerprint density at radius 2 is 1.03 bits per heavy atom. The lowest BCUT2D eigenvalue weighted by Gasteiger charge is -2.19. The zero-order valence-electron chi connectivity index (χ0n) is 16.4. The third kappa shape index (κ3) is 4.95. The van der Waals surface area contributed by atoms with Crippen molar-refractivity contribution < 1.29 is 52.3 Å². The van der Waals surface area contributed by atoms with Crippen molar-refractivity contribution in [2.75, 3.05) is 0 Å². The van der Waals surface area contributed by atoms with E-state index in [9.17, 15) is 52.3 Å². The minimum absolute atomic E-state index is 0.0883. The average Bonchev–Trinajstić information content (AvgIpc) is 2.73. The van der Waals surface area contributed by atoms with E-state index in [1.165, 1.54) is 0 Å². The molecule has 0 atom stereocenters. The molecule has 15 heteroatoms. The van der Waals surface area contributed by atoms with Crippen LogP contribution in [0.3, 0.4) is 0 Å². The third-order valence-corrected chi connectivity index (χ3v) is 6.05. The van der Waals surface area contributed by atoms with Crippen molar-refractivity contribution in [1.82, 2.24) is 0 Å². The molecular formula is C20H8ClF10NO2S. The van der Waals surface area contributed by atoms with Crippen LogP contribution in [0.25, 0.3) is 22.3 Å². The fraction of sp³-hybridized carbons (Fsp3) is 0.100. The highest BCUT2D eigenvalue weighted by molar-refractivity contribution is 7.89. The monoisotopic (exact) mass is 551 g/mol. The highest BCUT2D eigenvalue weighted by atomic mass is 35.5. The molecule has 0 saturated heterocycles. The largest absolute Gasteiger partial charge is 0.417 e. The summed E-state index contributed by atoms with van der Waals surface area (Å²) >= 11 is 5.27. The van der Waals surface area contributed by atoms with Crippen LogP contribution in [0.2, 0.25) is 5.02 Å². The smallest absolute Gasteiger partial charge is 0.225 e. The van der Waals surface area contributed by atoms with Gasteiger partial charge in [-0.3, -0.25) is 0 Å². The van der Waals surface area contributed by atoms with Gasteiger partial charge < -0.3 is 0 Å². The Bertz CT molecular complexity index is 1400. The van der Waals surface area contributed by atoms with Crippen LogP contribution in [0, 0.1) is 23.3 Å². The summed E-state index contributed by atoms with van der Waals surface area (Å²) < 4.78 is 161. The van der Waals surface area contributed by atoms with Gasteiger partial charge in [0, 0.05) is 11.1 Å². The van der Waals surface area contributed by atoms with Crippen LogP contribution in [-0.2, 0) is 22.4 Å². The van der Waals surface area contributed by atoms with E-state index in [2.05, 4.69) is 0 Å². The molecule has 0 aliphatic carbocycles. The highest BCUT2D eigenvalue weighted by Gasteiger charge is 2.42. The number of hydrogen-bond donors (Lipinski definition) is 1. The van der Waals surface area contributed by atoms with E-state index >= 15 is 0 Å². The van der Waals surface area contributed by atoms with Crippen molar-refractivity contribution >= 4 is 21.6 Å². The minimum atomic E-state index is -5.52. The molecule has 2 N–H and O–H groups in total. The highest BCUT2D eigenvalue weighted by Crippen LogP contribution is 2.47. The van der Waals surface area contributed by atoms with Gasteiger partial charge >= 0.3 is 12.4 Å². The molecule has 0 amide bonds. The van der Waals surface area contributed by atoms with Crippen LogP contribution in [-0.4, -0.2) is 8.42 Å². The van der Waals surface area contributed by atoms with Crippen LogP contribution < -0.4 is 5.14 Å². The summed E-state index contributed by atoms with van der Waals surface area (Å²) in [7, 11) is -4.31. The van der Waals surface area contributed by atoms with Gasteiger partial charge in [-0.25, -0.2) is 31.1 Å². The topological polar surface area (TPSA) is 60.2 Å². The summed E-state index contributed by atoms with van der Waals surface area (Å²) in [4.78, 5) is -0.573. The minimum Gasteiger partial charge on any atom is -0.225 e. The van der Waals surface area contributed by atoms with Gasteiger partial charge in [-0.2, -0.15) is 26.3 Å². The van der Waals surface area contributed by atoms with Crippen molar-refractivity contribution in [3.63, 3.8) is 0 Å². The van der Waals surface area contributed by atoms with Crippen LogP contribution in [0.1, 0.15) is 11.1 Å². The second-order valence-electron chi connectivity index (χ2n) is 6.96. The van der Waals surface area contributed by atoms with E-state index in [1.807, 2.05) is 0 Å². The lowest BCUT2D eigenvalue weighted by atomic mass is 9.90. The van der Waals surface area contributed by atoms with E-state index in [4.69, 9.17) is 16.7 Å². The lowest BCUT2D eigenvalue weighted by molar-refractivity contribution is -0.142. The Kier molecular flexibility index (Phi) is 6.63. The maximum Gasteiger partial charge on any atom is 0.417 e. The molecule has 0 spiro atoms. The summed E-state index contributed by atoms with van der Waals surface area (Å²) in [5.41, 5.74) is -8.97. The molecule has 0 aromatic heterocycles. The number of hydrogen-bond acceptors (Lipinski definition) is 2. The molecule has 0 heterocycles. The second-order valence-corrected chi connectivity index (χ2v) is 8.90. The molecule has 0 radical (unpaired) electrons. The molecule has 188 valence electrons. The summed E-state index contributed by atoms with van der Waals surface area (Å²) in [6.07, 6.45) is -11.0. The SMILES string of the molecule is NS(=O)(=O)c1ccc(-c2c(F)c(F)c(F)c(F)c2-c2cc(C(F)(F)F)c(Cl)c(C(F)(F)F)c2)cc1. The molecule has 3 rings (SSSR count). The number of sulfonamides is 1. The normalized spacial score (nSPS) is 12.8. The fourth-order valence-electron chi connectivity index (χ4n) is 3.17. The Morgan fingerprint density at radius 3 is 1.37 bits per heavy atom. The van der Waals surface area contributed by atoms with E-state index in [0.717, 1.165) is 12.1 Å². The standard InChI is InChI=1S/C20H8ClF10NO2S/c21-14-10(19(26,27)28)5-8(6-11(14)20(29,30)31)13-12(15(22)17(24)18(25)16(13)23)7-1-3-9(4-2-7)35(32,33)34/h1-6H,(H2,32,33,34). The molecule has 0 bridgehead atoms. The molecule has 35 heavy (non-hydrogen) atoms. The van der Waals surface area contributed by atoms with Crippen molar-refractivity contribution in [3.8, 4) is 22.3 Å². The van der Waals surface area contributed by atoms with E-state index in [-0.39, 0.29) is 12.1 Å². The number of halogens is 11. The first-order valence-corrected chi connectivity index (χ1v) is 10.8. The first kappa shape index (κ1) is 26.8. The molecule has 0 saturated carbocycles. The predicted molar refractivity (Wildman–Crippen MR) is 104 cm³/mol. The quantitative estimate of drug-likeness (QED) is 0.218. The molecule has 0 fully saturated rings. The fourth-order valence-corrected chi connectivity index (χ4v) is 4.01. The molecule has 0 unspecified atom stereocenters. The van der Waals surface area contributed by atoms with E-state index < -0.39 is 88.9 Å². The molecule has 0 aliphatic rings. The Balaban J connectivity index is 2.49. The van der Waals surface area contributed by atoms with E-state index in [1.54, 1.807) is 0 Å². The van der Waals surface area contributed by atoms with Gasteiger partial charge in [0.1, 0.15) is 0 Å². The van der Waals surface area contributed by atoms with Gasteiger partial charge in [0.05, 0.1) is 21.0 Å². The van der Waals surface area contributed by atoms with Gasteiger partial charge in [0.25, 0.3) is 0 Å². The van der Waals surface area contributed by atoms with Crippen molar-refractivity contribution in [2.24, 2.45) is 5.14 Å². The maximum absolute atomic E-state index is 14.8. The maximum atomic E-state index is 14.8. The van der Waals surface area contributed by atoms with Crippen molar-refractivity contribution in [1.29, 1.82) is 0 Å². The van der Waals surface area contributed by atoms with Crippen LogP contribution in [0.15, 0.2) is 41.3 Å². The van der Waals surface area contributed by atoms with Crippen molar-refractivity contribution in [2.45, 2.75) is 17.2 Å². The Morgan fingerprint density at radius 1 is 0.657 bits per heavy atom. The first-order chi connectivity index (χ1) is 15.9. The summed E-state index contributed by atoms with van der Waals surface area (Å²) in [5, 5.41) is 3.09. The second kappa shape index (κ2) is 8.68. The van der Waals surface area contributed by atoms with Gasteiger partial charge in [-0.05, 0) is 35.4 Å². The predicted octanol–water partition coefficient (Wildman–Crippen LogP) is 6.92. The first-order valence-electron chi connectivity index (χ1n) is 8.83.